The molecule has 0 bridgehead atoms. The first-order chi connectivity index (χ1) is 20.5. The number of ether oxygens (including phenoxy) is 3. The summed E-state index contributed by atoms with van der Waals surface area (Å²) in [6, 6.07) is 0. The molecule has 0 unspecified atom stereocenters. The Kier molecular flexibility index (Phi) is 12.0. The van der Waals surface area contributed by atoms with Crippen molar-refractivity contribution >= 4 is 47.5 Å². The first-order valence-corrected chi connectivity index (χ1v) is 14.7. The van der Waals surface area contributed by atoms with E-state index in [4.69, 9.17) is 23.9 Å². The highest BCUT2D eigenvalue weighted by Gasteiger charge is 2.40. The molecule has 0 spiro atoms. The van der Waals surface area contributed by atoms with E-state index in [1.54, 1.807) is 27.7 Å². The Morgan fingerprint density at radius 2 is 0.956 bits per heavy atom. The number of imide groups is 2. The van der Waals surface area contributed by atoms with Gasteiger partial charge in [-0.15, -0.1) is 10.1 Å². The predicted molar refractivity (Wildman–Crippen MR) is 152 cm³/mol. The molecular formula is C30H44N2O13. The van der Waals surface area contributed by atoms with Crippen LogP contribution >= 0.6 is 0 Å². The lowest BCUT2D eigenvalue weighted by molar-refractivity contribution is -0.200. The molecule has 0 aromatic rings. The van der Waals surface area contributed by atoms with Gasteiger partial charge in [-0.3, -0.25) is 28.8 Å². The SMILES string of the molecule is CC(C)(CCOC(=O)C(C)(C)CC(=O)ON1C(=O)CCC1=O)OCCC(C)(C)OC(=O)C(C)(C)CC(=O)ON1C(=O)CCC1=O. The van der Waals surface area contributed by atoms with Crippen LogP contribution in [0.3, 0.4) is 0 Å². The fourth-order valence-electron chi connectivity index (χ4n) is 4.12. The maximum atomic E-state index is 12.9. The third-order valence-corrected chi connectivity index (χ3v) is 7.18. The molecule has 0 saturated carbocycles. The third-order valence-electron chi connectivity index (χ3n) is 7.18. The van der Waals surface area contributed by atoms with Crippen LogP contribution in [-0.4, -0.2) is 82.0 Å². The molecule has 4 amide bonds. The molecule has 2 aliphatic rings. The van der Waals surface area contributed by atoms with Gasteiger partial charge >= 0.3 is 23.9 Å². The molecule has 0 aromatic heterocycles. The number of carbonyl (C=O) groups is 8. The topological polar surface area (TPSA) is 189 Å². The zero-order chi connectivity index (χ0) is 34.4. The normalized spacial score (nSPS) is 16.3. The highest BCUT2D eigenvalue weighted by atomic mass is 16.7. The summed E-state index contributed by atoms with van der Waals surface area (Å²) in [5, 5.41) is 0.850. The van der Waals surface area contributed by atoms with E-state index in [1.807, 2.05) is 0 Å². The monoisotopic (exact) mass is 640 g/mol. The van der Waals surface area contributed by atoms with Crippen LogP contribution in [0.1, 0.15) is 107 Å². The second kappa shape index (κ2) is 14.5. The Labute approximate surface area is 262 Å². The molecule has 2 heterocycles. The summed E-state index contributed by atoms with van der Waals surface area (Å²) in [5.41, 5.74) is -4.31. The second-order valence-corrected chi connectivity index (χ2v) is 13.6. The van der Waals surface area contributed by atoms with E-state index in [2.05, 4.69) is 0 Å². The lowest BCUT2D eigenvalue weighted by atomic mass is 9.89. The fourth-order valence-corrected chi connectivity index (χ4v) is 4.12. The number of hydrogen-bond acceptors (Lipinski definition) is 13. The molecule has 0 aromatic carbocycles. The third kappa shape index (κ3) is 11.2. The number of rotatable bonds is 16. The molecule has 2 saturated heterocycles. The molecule has 2 rings (SSSR count). The van der Waals surface area contributed by atoms with Crippen LogP contribution in [-0.2, 0) is 62.2 Å². The first-order valence-electron chi connectivity index (χ1n) is 14.7. The fraction of sp³-hybridized carbons (Fsp3) is 0.733. The number of nitrogens with zero attached hydrogens (tertiary/aromatic N) is 2. The Morgan fingerprint density at radius 3 is 1.38 bits per heavy atom. The molecule has 15 heteroatoms. The average molecular weight is 641 g/mol. The van der Waals surface area contributed by atoms with Crippen molar-refractivity contribution in [3.05, 3.63) is 0 Å². The molecule has 0 aliphatic carbocycles. The molecule has 252 valence electrons. The smallest absolute Gasteiger partial charge is 0.334 e. The lowest BCUT2D eigenvalue weighted by Crippen LogP contribution is -2.40. The van der Waals surface area contributed by atoms with Crippen molar-refractivity contribution in [1.82, 2.24) is 10.1 Å². The van der Waals surface area contributed by atoms with E-state index in [-0.39, 0.29) is 45.3 Å². The van der Waals surface area contributed by atoms with Crippen LogP contribution in [0.25, 0.3) is 0 Å². The first kappa shape index (κ1) is 37.3. The van der Waals surface area contributed by atoms with E-state index in [0.717, 1.165) is 0 Å². The number of carbonyl (C=O) groups excluding carboxylic acids is 8. The Bertz CT molecular complexity index is 1190. The van der Waals surface area contributed by atoms with Gasteiger partial charge in [-0.2, -0.15) is 0 Å². The van der Waals surface area contributed by atoms with Gasteiger partial charge in [-0.1, -0.05) is 0 Å². The maximum Gasteiger partial charge on any atom is 0.334 e. The van der Waals surface area contributed by atoms with Gasteiger partial charge in [0.25, 0.3) is 23.6 Å². The van der Waals surface area contributed by atoms with Crippen molar-refractivity contribution in [2.24, 2.45) is 10.8 Å². The quantitative estimate of drug-likeness (QED) is 0.177. The summed E-state index contributed by atoms with van der Waals surface area (Å²) >= 11 is 0. The minimum absolute atomic E-state index is 0.0231. The van der Waals surface area contributed by atoms with Crippen LogP contribution < -0.4 is 0 Å². The molecule has 0 atom stereocenters. The van der Waals surface area contributed by atoms with Crippen LogP contribution in [0, 0.1) is 10.8 Å². The largest absolute Gasteiger partial charge is 0.465 e. The van der Waals surface area contributed by atoms with Crippen LogP contribution in [0.5, 0.6) is 0 Å². The molecule has 0 N–H and O–H groups in total. The molecule has 2 fully saturated rings. The van der Waals surface area contributed by atoms with Crippen molar-refractivity contribution in [3.8, 4) is 0 Å². The van der Waals surface area contributed by atoms with Gasteiger partial charge in [0.1, 0.15) is 5.60 Å². The van der Waals surface area contributed by atoms with Gasteiger partial charge in [0.15, 0.2) is 0 Å². The number of hydroxylamine groups is 4. The van der Waals surface area contributed by atoms with Crippen molar-refractivity contribution in [2.75, 3.05) is 13.2 Å². The molecule has 2 aliphatic heterocycles. The van der Waals surface area contributed by atoms with Gasteiger partial charge in [0.2, 0.25) is 0 Å². The van der Waals surface area contributed by atoms with Gasteiger partial charge in [0, 0.05) is 38.5 Å². The Morgan fingerprint density at radius 1 is 0.578 bits per heavy atom. The molecular weight excluding hydrogens is 596 g/mol. The van der Waals surface area contributed by atoms with E-state index in [0.29, 0.717) is 16.5 Å². The minimum Gasteiger partial charge on any atom is -0.465 e. The van der Waals surface area contributed by atoms with Gasteiger partial charge in [-0.25, -0.2) is 9.59 Å². The minimum atomic E-state index is -1.31. The van der Waals surface area contributed by atoms with Crippen LogP contribution in [0.15, 0.2) is 0 Å². The second-order valence-electron chi connectivity index (χ2n) is 13.6. The van der Waals surface area contributed by atoms with Gasteiger partial charge in [0.05, 0.1) is 42.5 Å². The van der Waals surface area contributed by atoms with Crippen molar-refractivity contribution in [3.63, 3.8) is 0 Å². The Balaban J connectivity index is 1.75. The molecule has 15 nitrogen and oxygen atoms in total. The summed E-state index contributed by atoms with van der Waals surface area (Å²) in [6.07, 6.45) is -0.402. The summed E-state index contributed by atoms with van der Waals surface area (Å²) in [7, 11) is 0. The van der Waals surface area contributed by atoms with E-state index >= 15 is 0 Å². The van der Waals surface area contributed by atoms with Crippen molar-refractivity contribution in [1.29, 1.82) is 0 Å². The summed E-state index contributed by atoms with van der Waals surface area (Å²) < 4.78 is 16.9. The van der Waals surface area contributed by atoms with E-state index < -0.39 is 82.4 Å². The zero-order valence-corrected chi connectivity index (χ0v) is 27.3. The standard InChI is InChI=1S/C30H44N2O13/c1-27(2,17-23(37)44-31-19(33)9-10-20(31)34)25(39)41-15-13-29(5,6)42-16-14-30(7,8)43-26(40)28(3,4)18-24(38)45-32-21(35)11-12-22(32)36/h9-18H2,1-8H3. The van der Waals surface area contributed by atoms with Gasteiger partial charge < -0.3 is 23.9 Å². The highest BCUT2D eigenvalue weighted by Crippen LogP contribution is 2.29. The van der Waals surface area contributed by atoms with Crippen molar-refractivity contribution in [2.45, 2.75) is 118 Å². The van der Waals surface area contributed by atoms with Crippen LogP contribution in [0.2, 0.25) is 0 Å². The maximum absolute atomic E-state index is 12.9. The zero-order valence-electron chi connectivity index (χ0n) is 27.3. The average Bonchev–Trinajstić information content (AvgIpc) is 3.37. The highest BCUT2D eigenvalue weighted by molar-refractivity contribution is 6.02. The van der Waals surface area contributed by atoms with Gasteiger partial charge in [-0.05, 0) is 55.4 Å². The summed E-state index contributed by atoms with van der Waals surface area (Å²) in [4.78, 5) is 106. The lowest BCUT2D eigenvalue weighted by Gasteiger charge is -2.32. The summed E-state index contributed by atoms with van der Waals surface area (Å²) in [5.74, 6) is -5.64. The predicted octanol–water partition coefficient (Wildman–Crippen LogP) is 2.47. The summed E-state index contributed by atoms with van der Waals surface area (Å²) in [6.45, 7) is 13.0. The van der Waals surface area contributed by atoms with E-state index in [9.17, 15) is 38.4 Å². The van der Waals surface area contributed by atoms with E-state index in [1.165, 1.54) is 27.7 Å². The number of amides is 4. The van der Waals surface area contributed by atoms with Crippen molar-refractivity contribution < 1.29 is 62.2 Å². The van der Waals surface area contributed by atoms with Crippen LogP contribution in [0.4, 0.5) is 0 Å². The Hall–Kier alpha value is -3.88. The molecule has 45 heavy (non-hydrogen) atoms. The molecule has 0 radical (unpaired) electrons. The number of esters is 2. The number of hydrogen-bond donors (Lipinski definition) is 0.